The maximum Gasteiger partial charge on any atom is 0.0632 e. The molecule has 19 heavy (non-hydrogen) atoms. The van der Waals surface area contributed by atoms with Gasteiger partial charge in [0.1, 0.15) is 0 Å². The van der Waals surface area contributed by atoms with Gasteiger partial charge < -0.3 is 9.88 Å². The van der Waals surface area contributed by atoms with Gasteiger partial charge in [-0.15, -0.1) is 0 Å². The second kappa shape index (κ2) is 6.62. The van der Waals surface area contributed by atoms with Crippen LogP contribution < -0.4 is 5.32 Å². The van der Waals surface area contributed by atoms with Gasteiger partial charge in [-0.3, -0.25) is 0 Å². The van der Waals surface area contributed by atoms with Gasteiger partial charge in [0.05, 0.1) is 12.2 Å². The highest BCUT2D eigenvalue weighted by Gasteiger charge is 2.07. The molecule has 4 heteroatoms. The average Bonchev–Trinajstić information content (AvgIpc) is 2.76. The van der Waals surface area contributed by atoms with E-state index in [9.17, 15) is 0 Å². The third-order valence-corrected chi connectivity index (χ3v) is 4.27. The molecule has 102 valence electrons. The van der Waals surface area contributed by atoms with E-state index in [1.807, 2.05) is 0 Å². The number of hydrogen-bond acceptors (Lipinski definition) is 1. The molecule has 0 aliphatic heterocycles. The molecule has 2 aromatic rings. The van der Waals surface area contributed by atoms with Crippen molar-refractivity contribution in [3.8, 4) is 0 Å². The molecule has 0 atom stereocenters. The molecule has 1 aromatic carbocycles. The summed E-state index contributed by atoms with van der Waals surface area (Å²) in [6.07, 6.45) is 3.29. The smallest absolute Gasteiger partial charge is 0.0632 e. The first-order valence-electron chi connectivity index (χ1n) is 6.45. The van der Waals surface area contributed by atoms with Crippen molar-refractivity contribution >= 4 is 37.5 Å². The quantitative estimate of drug-likeness (QED) is 0.734. The minimum Gasteiger partial charge on any atom is -0.378 e. The molecule has 0 unspecified atom stereocenters. The summed E-state index contributed by atoms with van der Waals surface area (Å²) in [5.41, 5.74) is 3.65. The minimum atomic E-state index is 0.827. The summed E-state index contributed by atoms with van der Waals surface area (Å²) in [6.45, 7) is 6.18. The van der Waals surface area contributed by atoms with Crippen LogP contribution in [0.5, 0.6) is 0 Å². The SMILES string of the molecule is CCCn1cccc1CNc1c(Br)cc(C)cc1Br. The van der Waals surface area contributed by atoms with Gasteiger partial charge in [0, 0.05) is 27.4 Å². The van der Waals surface area contributed by atoms with E-state index in [-0.39, 0.29) is 0 Å². The summed E-state index contributed by atoms with van der Waals surface area (Å²) in [6, 6.07) is 8.51. The van der Waals surface area contributed by atoms with Gasteiger partial charge in [0.2, 0.25) is 0 Å². The Hall–Kier alpha value is -0.740. The standard InChI is InChI=1S/C15H18Br2N2/c1-3-6-19-7-4-5-12(19)10-18-15-13(16)8-11(2)9-14(15)17/h4-5,7-9,18H,3,6,10H2,1-2H3. The molecule has 1 N–H and O–H groups in total. The molecule has 0 aliphatic rings. The number of aryl methyl sites for hydroxylation is 2. The number of halogens is 2. The van der Waals surface area contributed by atoms with Crippen molar-refractivity contribution in [2.45, 2.75) is 33.4 Å². The van der Waals surface area contributed by atoms with Gasteiger partial charge >= 0.3 is 0 Å². The van der Waals surface area contributed by atoms with Crippen LogP contribution in [0.4, 0.5) is 5.69 Å². The molecular formula is C15H18Br2N2. The van der Waals surface area contributed by atoms with E-state index >= 15 is 0 Å². The zero-order valence-corrected chi connectivity index (χ0v) is 14.4. The molecule has 1 heterocycles. The van der Waals surface area contributed by atoms with Crippen LogP contribution in [0, 0.1) is 6.92 Å². The molecule has 0 bridgehead atoms. The third kappa shape index (κ3) is 3.63. The van der Waals surface area contributed by atoms with Gasteiger partial charge in [0.25, 0.3) is 0 Å². The minimum absolute atomic E-state index is 0.827. The molecule has 0 saturated carbocycles. The number of benzene rings is 1. The van der Waals surface area contributed by atoms with Gasteiger partial charge in [-0.05, 0) is 75.0 Å². The van der Waals surface area contributed by atoms with Crippen LogP contribution in [-0.4, -0.2) is 4.57 Å². The van der Waals surface area contributed by atoms with Gasteiger partial charge in [0.15, 0.2) is 0 Å². The van der Waals surface area contributed by atoms with Crippen LogP contribution in [0.3, 0.4) is 0 Å². The molecule has 0 fully saturated rings. The predicted octanol–water partition coefficient (Wildman–Crippen LogP) is 5.34. The lowest BCUT2D eigenvalue weighted by molar-refractivity contribution is 0.654. The van der Waals surface area contributed by atoms with Crippen molar-refractivity contribution in [2.24, 2.45) is 0 Å². The van der Waals surface area contributed by atoms with Crippen LogP contribution in [-0.2, 0) is 13.1 Å². The largest absolute Gasteiger partial charge is 0.378 e. The van der Waals surface area contributed by atoms with Crippen LogP contribution in [0.2, 0.25) is 0 Å². The van der Waals surface area contributed by atoms with Crippen LogP contribution in [0.25, 0.3) is 0 Å². The van der Waals surface area contributed by atoms with Crippen molar-refractivity contribution in [1.29, 1.82) is 0 Å². The Kier molecular flexibility index (Phi) is 5.11. The van der Waals surface area contributed by atoms with Gasteiger partial charge in [-0.25, -0.2) is 0 Å². The van der Waals surface area contributed by atoms with E-state index in [1.165, 1.54) is 11.3 Å². The molecule has 0 aliphatic carbocycles. The Morgan fingerprint density at radius 2 is 1.89 bits per heavy atom. The summed E-state index contributed by atoms with van der Waals surface area (Å²) >= 11 is 7.22. The molecule has 2 rings (SSSR count). The van der Waals surface area contributed by atoms with Crippen LogP contribution >= 0.6 is 31.9 Å². The first kappa shape index (κ1) is 14.7. The van der Waals surface area contributed by atoms with Crippen LogP contribution in [0.15, 0.2) is 39.4 Å². The number of nitrogens with zero attached hydrogens (tertiary/aromatic N) is 1. The summed E-state index contributed by atoms with van der Waals surface area (Å²) in [4.78, 5) is 0. The fourth-order valence-electron chi connectivity index (χ4n) is 2.12. The van der Waals surface area contributed by atoms with Gasteiger partial charge in [-0.1, -0.05) is 6.92 Å². The van der Waals surface area contributed by atoms with E-state index in [4.69, 9.17) is 0 Å². The fourth-order valence-corrected chi connectivity index (χ4v) is 3.81. The van der Waals surface area contributed by atoms with E-state index in [1.54, 1.807) is 0 Å². The molecular weight excluding hydrogens is 368 g/mol. The van der Waals surface area contributed by atoms with Crippen LogP contribution in [0.1, 0.15) is 24.6 Å². The highest BCUT2D eigenvalue weighted by Crippen LogP contribution is 2.32. The van der Waals surface area contributed by atoms with Crippen molar-refractivity contribution in [3.05, 3.63) is 50.7 Å². The number of anilines is 1. The fraction of sp³-hybridized carbons (Fsp3) is 0.333. The molecule has 2 nitrogen and oxygen atoms in total. The Morgan fingerprint density at radius 3 is 2.53 bits per heavy atom. The highest BCUT2D eigenvalue weighted by molar-refractivity contribution is 9.11. The topological polar surface area (TPSA) is 17.0 Å². The number of rotatable bonds is 5. The Bertz CT molecular complexity index is 538. The second-order valence-electron chi connectivity index (χ2n) is 4.65. The zero-order chi connectivity index (χ0) is 13.8. The predicted molar refractivity (Wildman–Crippen MR) is 88.6 cm³/mol. The average molecular weight is 386 g/mol. The maximum absolute atomic E-state index is 3.61. The number of hydrogen-bond donors (Lipinski definition) is 1. The van der Waals surface area contributed by atoms with Crippen molar-refractivity contribution in [2.75, 3.05) is 5.32 Å². The molecule has 0 amide bonds. The molecule has 1 aromatic heterocycles. The summed E-state index contributed by atoms with van der Waals surface area (Å²) < 4.78 is 4.48. The number of aromatic nitrogens is 1. The Morgan fingerprint density at radius 1 is 1.21 bits per heavy atom. The summed E-state index contributed by atoms with van der Waals surface area (Å²) in [5, 5.41) is 3.50. The highest BCUT2D eigenvalue weighted by atomic mass is 79.9. The van der Waals surface area contributed by atoms with E-state index in [2.05, 4.69) is 86.1 Å². The molecule has 0 spiro atoms. The third-order valence-electron chi connectivity index (χ3n) is 3.02. The second-order valence-corrected chi connectivity index (χ2v) is 6.36. The maximum atomic E-state index is 3.61. The molecule has 0 saturated heterocycles. The van der Waals surface area contributed by atoms with Crippen molar-refractivity contribution < 1.29 is 0 Å². The summed E-state index contributed by atoms with van der Waals surface area (Å²) in [5.74, 6) is 0. The normalized spacial score (nSPS) is 10.7. The Labute approximate surface area is 131 Å². The van der Waals surface area contributed by atoms with E-state index < -0.39 is 0 Å². The number of nitrogens with one attached hydrogen (secondary N) is 1. The van der Waals surface area contributed by atoms with E-state index in [0.717, 1.165) is 34.1 Å². The first-order valence-corrected chi connectivity index (χ1v) is 8.04. The lowest BCUT2D eigenvalue weighted by atomic mass is 10.2. The van der Waals surface area contributed by atoms with E-state index in [0.29, 0.717) is 0 Å². The lowest BCUT2D eigenvalue weighted by Crippen LogP contribution is -2.07. The zero-order valence-electron chi connectivity index (χ0n) is 11.2. The monoisotopic (exact) mass is 384 g/mol. The first-order chi connectivity index (χ1) is 9.11. The van der Waals surface area contributed by atoms with Crippen molar-refractivity contribution in [3.63, 3.8) is 0 Å². The van der Waals surface area contributed by atoms with Gasteiger partial charge in [-0.2, -0.15) is 0 Å². The van der Waals surface area contributed by atoms with Crippen molar-refractivity contribution in [1.82, 2.24) is 4.57 Å². The Balaban J connectivity index is 2.12. The lowest BCUT2D eigenvalue weighted by Gasteiger charge is -2.13. The molecule has 0 radical (unpaired) electrons. The summed E-state index contributed by atoms with van der Waals surface area (Å²) in [7, 11) is 0.